The molecule has 7 nitrogen and oxygen atoms in total. The first-order valence-corrected chi connectivity index (χ1v) is 9.56. The van der Waals surface area contributed by atoms with Crippen LogP contribution in [-0.4, -0.2) is 46.0 Å². The molecule has 158 valence electrons. The smallest absolute Gasteiger partial charge is 0.411 e. The molecule has 0 radical (unpaired) electrons. The Labute approximate surface area is 185 Å². The van der Waals surface area contributed by atoms with Crippen molar-refractivity contribution in [3.63, 3.8) is 0 Å². The molecule has 1 saturated carbocycles. The van der Waals surface area contributed by atoms with E-state index in [0.29, 0.717) is 17.6 Å². The van der Waals surface area contributed by atoms with Gasteiger partial charge < -0.3 is 20.1 Å². The number of methoxy groups -OCH3 is 2. The van der Waals surface area contributed by atoms with Crippen LogP contribution in [0.15, 0.2) is 29.3 Å². The van der Waals surface area contributed by atoms with Crippen LogP contribution in [0.2, 0.25) is 0 Å². The number of halogens is 1. The molecular formula is C20H33IN4O3. The summed E-state index contributed by atoms with van der Waals surface area (Å²) in [6.45, 7) is 5.18. The van der Waals surface area contributed by atoms with E-state index in [9.17, 15) is 4.79 Å². The fraction of sp³-hybridized carbons (Fsp3) is 0.600. The maximum absolute atomic E-state index is 11.2. The van der Waals surface area contributed by atoms with Gasteiger partial charge in [-0.2, -0.15) is 0 Å². The number of carbonyl (C=O) groups is 1. The van der Waals surface area contributed by atoms with Crippen LogP contribution in [0.25, 0.3) is 0 Å². The Hall–Kier alpha value is -1.55. The van der Waals surface area contributed by atoms with Gasteiger partial charge in [-0.1, -0.05) is 18.6 Å². The van der Waals surface area contributed by atoms with Gasteiger partial charge in [-0.25, -0.2) is 9.79 Å². The summed E-state index contributed by atoms with van der Waals surface area (Å²) in [6, 6.07) is 7.58. The average molecular weight is 504 g/mol. The molecule has 0 spiro atoms. The van der Waals surface area contributed by atoms with Crippen molar-refractivity contribution in [3.8, 4) is 0 Å². The number of hydrogen-bond donors (Lipinski definition) is 3. The fourth-order valence-electron chi connectivity index (χ4n) is 3.16. The number of nitrogens with one attached hydrogen (secondary N) is 3. The van der Waals surface area contributed by atoms with Crippen LogP contribution < -0.4 is 16.0 Å². The molecule has 1 amide bonds. The van der Waals surface area contributed by atoms with E-state index < -0.39 is 6.09 Å². The summed E-state index contributed by atoms with van der Waals surface area (Å²) < 4.78 is 9.85. The summed E-state index contributed by atoms with van der Waals surface area (Å²) in [5, 5.41) is 9.45. The number of guanidine groups is 1. The molecule has 0 aliphatic heterocycles. The molecule has 1 aromatic rings. The van der Waals surface area contributed by atoms with Crippen molar-refractivity contribution in [1.29, 1.82) is 0 Å². The standard InChI is InChI=1S/C20H32N4O3.HI/c1-4-21-18(23-15-20(10-5-11-20)12-13-26-2)22-14-16-6-8-17(9-7-16)24-19(25)27-3;/h6-9H,4-5,10-15H2,1-3H3,(H,24,25)(H2,21,22,23);1H. The first-order valence-electron chi connectivity index (χ1n) is 9.56. The highest BCUT2D eigenvalue weighted by Gasteiger charge is 2.36. The minimum absolute atomic E-state index is 0. The fourth-order valence-corrected chi connectivity index (χ4v) is 3.16. The third-order valence-corrected chi connectivity index (χ3v) is 5.03. The zero-order valence-corrected chi connectivity index (χ0v) is 19.4. The highest BCUT2D eigenvalue weighted by atomic mass is 127. The van der Waals surface area contributed by atoms with E-state index in [2.05, 4.69) is 32.6 Å². The number of ether oxygens (including phenoxy) is 2. The lowest BCUT2D eigenvalue weighted by atomic mass is 9.67. The quantitative estimate of drug-likeness (QED) is 0.271. The summed E-state index contributed by atoms with van der Waals surface area (Å²) in [5.74, 6) is 0.831. The van der Waals surface area contributed by atoms with Crippen molar-refractivity contribution in [1.82, 2.24) is 10.6 Å². The SMILES string of the molecule is CCNC(=NCc1ccc(NC(=O)OC)cc1)NCC1(CCOC)CCC1.I. The number of aliphatic imine (C=N–C) groups is 1. The van der Waals surface area contributed by atoms with Gasteiger partial charge in [0, 0.05) is 32.5 Å². The first kappa shape index (κ1) is 24.5. The molecular weight excluding hydrogens is 471 g/mol. The van der Waals surface area contributed by atoms with Crippen molar-refractivity contribution in [2.45, 2.75) is 39.2 Å². The van der Waals surface area contributed by atoms with Crippen LogP contribution in [-0.2, 0) is 16.0 Å². The van der Waals surface area contributed by atoms with Gasteiger partial charge in [0.1, 0.15) is 0 Å². The molecule has 2 rings (SSSR count). The summed E-state index contributed by atoms with van der Waals surface area (Å²) in [7, 11) is 3.11. The van der Waals surface area contributed by atoms with Crippen molar-refractivity contribution < 1.29 is 14.3 Å². The highest BCUT2D eigenvalue weighted by Crippen LogP contribution is 2.43. The van der Waals surface area contributed by atoms with E-state index in [1.165, 1.54) is 26.4 Å². The summed E-state index contributed by atoms with van der Waals surface area (Å²) in [5.41, 5.74) is 2.11. The zero-order chi connectivity index (χ0) is 19.5. The van der Waals surface area contributed by atoms with Gasteiger partial charge >= 0.3 is 6.09 Å². The van der Waals surface area contributed by atoms with Crippen LogP contribution in [0.4, 0.5) is 10.5 Å². The Morgan fingerprint density at radius 2 is 1.89 bits per heavy atom. The van der Waals surface area contributed by atoms with Crippen molar-refractivity contribution in [2.75, 3.05) is 39.2 Å². The topological polar surface area (TPSA) is 84.0 Å². The summed E-state index contributed by atoms with van der Waals surface area (Å²) in [6.07, 6.45) is 4.41. The molecule has 0 atom stereocenters. The molecule has 0 bridgehead atoms. The van der Waals surface area contributed by atoms with Crippen LogP contribution in [0.1, 0.15) is 38.2 Å². The second-order valence-corrected chi connectivity index (χ2v) is 6.96. The number of benzene rings is 1. The van der Waals surface area contributed by atoms with Crippen LogP contribution in [0.5, 0.6) is 0 Å². The molecule has 0 unspecified atom stereocenters. The van der Waals surface area contributed by atoms with Crippen molar-refractivity contribution in [2.24, 2.45) is 10.4 Å². The molecule has 0 saturated heterocycles. The van der Waals surface area contributed by atoms with Gasteiger partial charge in [0.15, 0.2) is 5.96 Å². The monoisotopic (exact) mass is 504 g/mol. The van der Waals surface area contributed by atoms with Crippen molar-refractivity contribution >= 4 is 41.7 Å². The van der Waals surface area contributed by atoms with Crippen molar-refractivity contribution in [3.05, 3.63) is 29.8 Å². The van der Waals surface area contributed by atoms with Gasteiger partial charge in [0.25, 0.3) is 0 Å². The molecule has 0 aromatic heterocycles. The minimum Gasteiger partial charge on any atom is -0.453 e. The number of hydrogen-bond acceptors (Lipinski definition) is 4. The summed E-state index contributed by atoms with van der Waals surface area (Å²) in [4.78, 5) is 15.9. The molecule has 1 aromatic carbocycles. The zero-order valence-electron chi connectivity index (χ0n) is 17.0. The van der Waals surface area contributed by atoms with Crippen LogP contribution >= 0.6 is 24.0 Å². The molecule has 28 heavy (non-hydrogen) atoms. The molecule has 1 aliphatic carbocycles. The van der Waals surface area contributed by atoms with E-state index >= 15 is 0 Å². The highest BCUT2D eigenvalue weighted by molar-refractivity contribution is 14.0. The number of rotatable bonds is 9. The second-order valence-electron chi connectivity index (χ2n) is 6.96. The normalized spacial score (nSPS) is 15.0. The largest absolute Gasteiger partial charge is 0.453 e. The van der Waals surface area contributed by atoms with Crippen LogP contribution in [0, 0.1) is 5.41 Å². The number of nitrogens with zero attached hydrogens (tertiary/aromatic N) is 1. The predicted octanol–water partition coefficient (Wildman–Crippen LogP) is 3.74. The number of carbonyl (C=O) groups excluding carboxylic acids is 1. The van der Waals surface area contributed by atoms with Crippen LogP contribution in [0.3, 0.4) is 0 Å². The number of amides is 1. The third-order valence-electron chi connectivity index (χ3n) is 5.03. The Morgan fingerprint density at radius 1 is 1.18 bits per heavy atom. The van der Waals surface area contributed by atoms with E-state index in [0.717, 1.165) is 37.6 Å². The van der Waals surface area contributed by atoms with E-state index in [4.69, 9.17) is 4.74 Å². The van der Waals surface area contributed by atoms with E-state index in [1.807, 2.05) is 24.3 Å². The predicted molar refractivity (Wildman–Crippen MR) is 123 cm³/mol. The summed E-state index contributed by atoms with van der Waals surface area (Å²) >= 11 is 0. The van der Waals surface area contributed by atoms with E-state index in [1.54, 1.807) is 7.11 Å². The Balaban J connectivity index is 0.00000392. The Kier molecular flexibility index (Phi) is 11.2. The van der Waals surface area contributed by atoms with Gasteiger partial charge in [0.05, 0.1) is 13.7 Å². The molecule has 1 aliphatic rings. The lowest BCUT2D eigenvalue weighted by Crippen LogP contribution is -2.46. The van der Waals surface area contributed by atoms with Gasteiger partial charge in [0.2, 0.25) is 0 Å². The minimum atomic E-state index is -0.474. The Bertz CT molecular complexity index is 618. The second kappa shape index (κ2) is 12.8. The number of anilines is 1. The first-order chi connectivity index (χ1) is 13.1. The lowest BCUT2D eigenvalue weighted by molar-refractivity contribution is 0.0732. The molecule has 3 N–H and O–H groups in total. The maximum Gasteiger partial charge on any atom is 0.411 e. The van der Waals surface area contributed by atoms with Gasteiger partial charge in [-0.3, -0.25) is 5.32 Å². The molecule has 1 fully saturated rings. The van der Waals surface area contributed by atoms with Gasteiger partial charge in [-0.15, -0.1) is 24.0 Å². The van der Waals surface area contributed by atoms with Gasteiger partial charge in [-0.05, 0) is 49.3 Å². The molecule has 0 heterocycles. The lowest BCUT2D eigenvalue weighted by Gasteiger charge is -2.42. The van der Waals surface area contributed by atoms with E-state index in [-0.39, 0.29) is 24.0 Å². The Morgan fingerprint density at radius 3 is 2.43 bits per heavy atom. The maximum atomic E-state index is 11.2. The average Bonchev–Trinajstić information content (AvgIpc) is 2.65. The third kappa shape index (κ3) is 7.83. The molecule has 8 heteroatoms.